The number of aromatic nitrogens is 2. The van der Waals surface area contributed by atoms with Crippen LogP contribution in [0, 0.1) is 5.92 Å². The van der Waals surface area contributed by atoms with Gasteiger partial charge in [0.25, 0.3) is 5.91 Å². The second-order valence-electron chi connectivity index (χ2n) is 6.50. The molecular weight excluding hydrogens is 318 g/mol. The summed E-state index contributed by atoms with van der Waals surface area (Å²) in [5.74, 6) is 0.253. The fraction of sp³-hybridized carbons (Fsp3) is 0.333. The normalized spacial score (nSPS) is 16.2. The van der Waals surface area contributed by atoms with Crippen LogP contribution in [0.15, 0.2) is 30.6 Å². The SMILES string of the molecule is NC(=O)c1cnc(Nc2ccc3c(c2)N(C(=O)C2CC2)CCC3)nc1. The first kappa shape index (κ1) is 15.6. The smallest absolute Gasteiger partial charge is 0.251 e. The van der Waals surface area contributed by atoms with Crippen LogP contribution in [0.25, 0.3) is 0 Å². The molecule has 0 spiro atoms. The molecular formula is C18H19N5O2. The quantitative estimate of drug-likeness (QED) is 0.888. The van der Waals surface area contributed by atoms with Crippen molar-refractivity contribution < 1.29 is 9.59 Å². The molecule has 0 atom stereocenters. The van der Waals surface area contributed by atoms with Crippen LogP contribution in [0.4, 0.5) is 17.3 Å². The Bertz CT molecular complexity index is 830. The molecule has 1 saturated carbocycles. The molecule has 7 nitrogen and oxygen atoms in total. The zero-order chi connectivity index (χ0) is 17.4. The molecule has 128 valence electrons. The number of benzene rings is 1. The molecule has 7 heteroatoms. The minimum atomic E-state index is -0.561. The van der Waals surface area contributed by atoms with E-state index in [0.717, 1.165) is 43.6 Å². The molecule has 1 aliphatic heterocycles. The van der Waals surface area contributed by atoms with E-state index in [1.165, 1.54) is 18.0 Å². The maximum Gasteiger partial charge on any atom is 0.251 e. The van der Waals surface area contributed by atoms with Gasteiger partial charge in [0.05, 0.1) is 5.56 Å². The fourth-order valence-electron chi connectivity index (χ4n) is 3.08. The number of carbonyl (C=O) groups excluding carboxylic acids is 2. The summed E-state index contributed by atoms with van der Waals surface area (Å²) in [5.41, 5.74) is 8.42. The van der Waals surface area contributed by atoms with Gasteiger partial charge >= 0.3 is 0 Å². The van der Waals surface area contributed by atoms with Crippen LogP contribution >= 0.6 is 0 Å². The maximum atomic E-state index is 12.5. The first-order valence-electron chi connectivity index (χ1n) is 8.45. The van der Waals surface area contributed by atoms with Crippen LogP contribution in [0.5, 0.6) is 0 Å². The van der Waals surface area contributed by atoms with Crippen molar-refractivity contribution in [1.29, 1.82) is 0 Å². The van der Waals surface area contributed by atoms with E-state index in [0.29, 0.717) is 5.95 Å². The highest BCUT2D eigenvalue weighted by atomic mass is 16.2. The lowest BCUT2D eigenvalue weighted by Gasteiger charge is -2.30. The number of nitrogens with two attached hydrogens (primary N) is 1. The number of carbonyl (C=O) groups is 2. The number of nitrogens with one attached hydrogen (secondary N) is 1. The molecule has 2 aliphatic rings. The third kappa shape index (κ3) is 3.17. The minimum Gasteiger partial charge on any atom is -0.366 e. The molecule has 0 radical (unpaired) electrons. The Labute approximate surface area is 145 Å². The number of amides is 2. The number of rotatable bonds is 4. The van der Waals surface area contributed by atoms with Gasteiger partial charge in [-0.25, -0.2) is 9.97 Å². The predicted molar refractivity (Wildman–Crippen MR) is 93.7 cm³/mol. The van der Waals surface area contributed by atoms with E-state index < -0.39 is 5.91 Å². The van der Waals surface area contributed by atoms with Crippen molar-refractivity contribution in [2.75, 3.05) is 16.8 Å². The van der Waals surface area contributed by atoms with Gasteiger partial charge in [0.2, 0.25) is 11.9 Å². The molecule has 0 unspecified atom stereocenters. The summed E-state index contributed by atoms with van der Waals surface area (Å²) < 4.78 is 0. The van der Waals surface area contributed by atoms with Crippen molar-refractivity contribution in [3.05, 3.63) is 41.7 Å². The summed E-state index contributed by atoms with van der Waals surface area (Å²) in [6.45, 7) is 0.773. The largest absolute Gasteiger partial charge is 0.366 e. The third-order valence-electron chi connectivity index (χ3n) is 4.59. The minimum absolute atomic E-state index is 0.201. The van der Waals surface area contributed by atoms with E-state index in [-0.39, 0.29) is 17.4 Å². The van der Waals surface area contributed by atoms with Crippen molar-refractivity contribution in [3.8, 4) is 0 Å². The Balaban J connectivity index is 1.58. The number of fused-ring (bicyclic) bond motifs is 1. The number of hydrogen-bond donors (Lipinski definition) is 2. The molecule has 25 heavy (non-hydrogen) atoms. The molecule has 4 rings (SSSR count). The van der Waals surface area contributed by atoms with Gasteiger partial charge in [-0.05, 0) is 43.4 Å². The monoisotopic (exact) mass is 337 g/mol. The van der Waals surface area contributed by atoms with Crippen LogP contribution in [0.2, 0.25) is 0 Å². The van der Waals surface area contributed by atoms with Crippen LogP contribution < -0.4 is 16.0 Å². The average molecular weight is 337 g/mol. The Hall–Kier alpha value is -2.96. The Morgan fingerprint density at radius 2 is 1.96 bits per heavy atom. The van der Waals surface area contributed by atoms with Gasteiger partial charge in [0.1, 0.15) is 0 Å². The molecule has 2 heterocycles. The van der Waals surface area contributed by atoms with Crippen LogP contribution in [0.1, 0.15) is 35.2 Å². The van der Waals surface area contributed by atoms with Gasteiger partial charge in [0.15, 0.2) is 0 Å². The molecule has 1 aliphatic carbocycles. The lowest BCUT2D eigenvalue weighted by atomic mass is 10.0. The van der Waals surface area contributed by atoms with Crippen molar-refractivity contribution in [1.82, 2.24) is 9.97 Å². The Morgan fingerprint density at radius 3 is 2.64 bits per heavy atom. The summed E-state index contributed by atoms with van der Waals surface area (Å²) in [6.07, 6.45) is 6.76. The maximum absolute atomic E-state index is 12.5. The summed E-state index contributed by atoms with van der Waals surface area (Å²) >= 11 is 0. The van der Waals surface area contributed by atoms with E-state index in [9.17, 15) is 9.59 Å². The highest BCUT2D eigenvalue weighted by molar-refractivity contribution is 5.98. The number of hydrogen-bond acceptors (Lipinski definition) is 5. The van der Waals surface area contributed by atoms with E-state index >= 15 is 0 Å². The molecule has 3 N–H and O–H groups in total. The number of aryl methyl sites for hydroxylation is 1. The summed E-state index contributed by atoms with van der Waals surface area (Å²) in [5, 5.41) is 3.11. The molecule has 2 aromatic rings. The van der Waals surface area contributed by atoms with Crippen molar-refractivity contribution in [2.45, 2.75) is 25.7 Å². The molecule has 0 saturated heterocycles. The summed E-state index contributed by atoms with van der Waals surface area (Å²) in [6, 6.07) is 5.97. The second-order valence-corrected chi connectivity index (χ2v) is 6.50. The van der Waals surface area contributed by atoms with Crippen LogP contribution in [-0.4, -0.2) is 28.3 Å². The highest BCUT2D eigenvalue weighted by Crippen LogP contribution is 2.37. The Kier molecular flexibility index (Phi) is 3.83. The van der Waals surface area contributed by atoms with Gasteiger partial charge in [-0.3, -0.25) is 9.59 Å². The van der Waals surface area contributed by atoms with E-state index in [4.69, 9.17) is 5.73 Å². The Morgan fingerprint density at radius 1 is 1.20 bits per heavy atom. The molecule has 0 bridgehead atoms. The lowest BCUT2D eigenvalue weighted by Crippen LogP contribution is -2.36. The highest BCUT2D eigenvalue weighted by Gasteiger charge is 2.35. The van der Waals surface area contributed by atoms with Crippen LogP contribution in [-0.2, 0) is 11.2 Å². The zero-order valence-corrected chi connectivity index (χ0v) is 13.7. The molecule has 2 amide bonds. The van der Waals surface area contributed by atoms with Gasteiger partial charge in [0, 0.05) is 36.2 Å². The first-order valence-corrected chi connectivity index (χ1v) is 8.45. The average Bonchev–Trinajstić information content (AvgIpc) is 3.46. The molecule has 1 aromatic heterocycles. The third-order valence-corrected chi connectivity index (χ3v) is 4.59. The predicted octanol–water partition coefficient (Wildman–Crippen LogP) is 2.01. The number of anilines is 3. The van der Waals surface area contributed by atoms with Gasteiger partial charge in [-0.2, -0.15) is 0 Å². The van der Waals surface area contributed by atoms with Crippen molar-refractivity contribution in [3.63, 3.8) is 0 Å². The number of nitrogens with zero attached hydrogens (tertiary/aromatic N) is 3. The standard InChI is InChI=1S/C18H19N5O2/c19-16(24)13-9-20-18(21-10-13)22-14-6-5-11-2-1-7-23(15(11)8-14)17(25)12-3-4-12/h5-6,8-10,12H,1-4,7H2,(H2,19,24)(H,20,21,22). The van der Waals surface area contributed by atoms with Crippen molar-refractivity contribution >= 4 is 29.1 Å². The second kappa shape index (κ2) is 6.16. The first-order chi connectivity index (χ1) is 12.1. The van der Waals surface area contributed by atoms with Gasteiger partial charge < -0.3 is 16.0 Å². The van der Waals surface area contributed by atoms with Crippen molar-refractivity contribution in [2.24, 2.45) is 11.7 Å². The van der Waals surface area contributed by atoms with Crippen LogP contribution in [0.3, 0.4) is 0 Å². The lowest BCUT2D eigenvalue weighted by molar-refractivity contribution is -0.119. The van der Waals surface area contributed by atoms with E-state index in [2.05, 4.69) is 15.3 Å². The van der Waals surface area contributed by atoms with Gasteiger partial charge in [-0.1, -0.05) is 6.07 Å². The van der Waals surface area contributed by atoms with E-state index in [1.54, 1.807) is 0 Å². The number of primary amides is 1. The topological polar surface area (TPSA) is 101 Å². The molecule has 1 aromatic carbocycles. The summed E-state index contributed by atoms with van der Waals surface area (Å²) in [4.78, 5) is 33.7. The zero-order valence-electron chi connectivity index (χ0n) is 13.7. The fourth-order valence-corrected chi connectivity index (χ4v) is 3.08. The van der Waals surface area contributed by atoms with E-state index in [1.807, 2.05) is 23.1 Å². The van der Waals surface area contributed by atoms with Gasteiger partial charge in [-0.15, -0.1) is 0 Å². The summed E-state index contributed by atoms with van der Waals surface area (Å²) in [7, 11) is 0. The molecule has 1 fully saturated rings.